The van der Waals surface area contributed by atoms with Gasteiger partial charge in [-0.2, -0.15) is 0 Å². The Kier molecular flexibility index (Phi) is 6.68. The van der Waals surface area contributed by atoms with E-state index in [2.05, 4.69) is 21.2 Å². The van der Waals surface area contributed by atoms with Gasteiger partial charge >= 0.3 is 0 Å². The van der Waals surface area contributed by atoms with Gasteiger partial charge in [0.2, 0.25) is 5.91 Å². The van der Waals surface area contributed by atoms with Crippen LogP contribution in [-0.4, -0.2) is 24.2 Å². The molecule has 1 atom stereocenters. The largest absolute Gasteiger partial charge is 0.396 e. The summed E-state index contributed by atoms with van der Waals surface area (Å²) in [6.45, 7) is 2.47. The summed E-state index contributed by atoms with van der Waals surface area (Å²) in [6, 6.07) is 5.54. The van der Waals surface area contributed by atoms with Crippen LogP contribution in [0.1, 0.15) is 18.9 Å². The van der Waals surface area contributed by atoms with Crippen molar-refractivity contribution >= 4 is 33.4 Å². The summed E-state index contributed by atoms with van der Waals surface area (Å²) in [5, 5.41) is 12.3. The zero-order chi connectivity index (χ0) is 13.5. The molecule has 0 fully saturated rings. The van der Waals surface area contributed by atoms with Crippen molar-refractivity contribution in [3.05, 3.63) is 33.3 Å². The quantitative estimate of drug-likeness (QED) is 0.840. The van der Waals surface area contributed by atoms with Gasteiger partial charge in [-0.1, -0.05) is 34.5 Å². The summed E-state index contributed by atoms with van der Waals surface area (Å²) >= 11 is 9.34. The van der Waals surface area contributed by atoms with Crippen LogP contribution in [0.25, 0.3) is 0 Å². The fourth-order valence-electron chi connectivity index (χ4n) is 1.42. The van der Waals surface area contributed by atoms with Crippen LogP contribution < -0.4 is 5.32 Å². The Balaban J connectivity index is 2.40. The topological polar surface area (TPSA) is 49.3 Å². The predicted molar refractivity (Wildman–Crippen MR) is 76.7 cm³/mol. The summed E-state index contributed by atoms with van der Waals surface area (Å²) in [5.74, 6) is 0.0778. The maximum absolute atomic E-state index is 11.6. The lowest BCUT2D eigenvalue weighted by molar-refractivity contribution is -0.121. The van der Waals surface area contributed by atoms with Crippen LogP contribution in [0, 0.1) is 5.92 Å². The van der Waals surface area contributed by atoms with Crippen molar-refractivity contribution in [2.45, 2.75) is 19.8 Å². The van der Waals surface area contributed by atoms with E-state index >= 15 is 0 Å². The lowest BCUT2D eigenvalue weighted by Gasteiger charge is -2.10. The highest BCUT2D eigenvalue weighted by Crippen LogP contribution is 2.22. The second kappa shape index (κ2) is 7.77. The zero-order valence-electron chi connectivity index (χ0n) is 10.2. The van der Waals surface area contributed by atoms with Crippen molar-refractivity contribution in [2.24, 2.45) is 5.92 Å². The minimum atomic E-state index is -0.0119. The standard InChI is InChI=1S/C13H17BrClNO2/c1-9(8-17)7-16-13(18)5-2-10-6-11(15)3-4-12(10)14/h3-4,6,9,17H,2,5,7-8H2,1H3,(H,16,18). The number of hydrogen-bond acceptors (Lipinski definition) is 2. The second-order valence-electron chi connectivity index (χ2n) is 4.33. The van der Waals surface area contributed by atoms with Gasteiger partial charge in [0, 0.05) is 29.1 Å². The fraction of sp³-hybridized carbons (Fsp3) is 0.462. The third kappa shape index (κ3) is 5.38. The molecule has 1 rings (SSSR count). The van der Waals surface area contributed by atoms with Gasteiger partial charge in [-0.05, 0) is 36.1 Å². The van der Waals surface area contributed by atoms with Gasteiger partial charge < -0.3 is 10.4 Å². The molecular weight excluding hydrogens is 318 g/mol. The van der Waals surface area contributed by atoms with Crippen LogP contribution in [0.5, 0.6) is 0 Å². The summed E-state index contributed by atoms with van der Waals surface area (Å²) in [5.41, 5.74) is 1.02. The Bertz CT molecular complexity index is 412. The Labute approximate surface area is 121 Å². The van der Waals surface area contributed by atoms with E-state index in [0.717, 1.165) is 10.0 Å². The molecule has 0 aliphatic rings. The molecule has 0 aliphatic carbocycles. The van der Waals surface area contributed by atoms with E-state index < -0.39 is 0 Å². The Morgan fingerprint density at radius 3 is 2.94 bits per heavy atom. The number of amides is 1. The van der Waals surface area contributed by atoms with E-state index in [4.69, 9.17) is 16.7 Å². The van der Waals surface area contributed by atoms with Crippen LogP contribution in [0.15, 0.2) is 22.7 Å². The number of hydrogen-bond donors (Lipinski definition) is 2. The highest BCUT2D eigenvalue weighted by Gasteiger charge is 2.07. The molecule has 1 aromatic rings. The first-order valence-electron chi connectivity index (χ1n) is 5.84. The summed E-state index contributed by atoms with van der Waals surface area (Å²) in [6.07, 6.45) is 1.05. The minimum absolute atomic E-state index is 0.0119. The molecule has 18 heavy (non-hydrogen) atoms. The predicted octanol–water partition coefficient (Wildman–Crippen LogP) is 2.78. The maximum atomic E-state index is 11.6. The fourth-order valence-corrected chi connectivity index (χ4v) is 2.06. The van der Waals surface area contributed by atoms with Gasteiger partial charge in [-0.25, -0.2) is 0 Å². The number of benzene rings is 1. The summed E-state index contributed by atoms with van der Waals surface area (Å²) in [4.78, 5) is 11.6. The van der Waals surface area contributed by atoms with Crippen molar-refractivity contribution < 1.29 is 9.90 Å². The van der Waals surface area contributed by atoms with E-state index in [9.17, 15) is 4.79 Å². The summed E-state index contributed by atoms with van der Waals surface area (Å²) in [7, 11) is 0. The van der Waals surface area contributed by atoms with Gasteiger partial charge in [0.05, 0.1) is 0 Å². The maximum Gasteiger partial charge on any atom is 0.220 e. The molecule has 1 amide bonds. The van der Waals surface area contributed by atoms with Crippen LogP contribution in [0.4, 0.5) is 0 Å². The first kappa shape index (κ1) is 15.5. The van der Waals surface area contributed by atoms with E-state index in [1.807, 2.05) is 19.1 Å². The molecule has 1 aromatic carbocycles. The lowest BCUT2D eigenvalue weighted by atomic mass is 10.1. The normalized spacial score (nSPS) is 12.2. The molecule has 0 bridgehead atoms. The van der Waals surface area contributed by atoms with E-state index in [0.29, 0.717) is 24.4 Å². The molecule has 3 nitrogen and oxygen atoms in total. The summed E-state index contributed by atoms with van der Waals surface area (Å²) < 4.78 is 0.962. The molecule has 0 saturated carbocycles. The number of nitrogens with one attached hydrogen (secondary N) is 1. The average Bonchev–Trinajstić information content (AvgIpc) is 2.36. The molecule has 0 aliphatic heterocycles. The third-order valence-corrected chi connectivity index (χ3v) is 3.60. The third-order valence-electron chi connectivity index (χ3n) is 2.59. The minimum Gasteiger partial charge on any atom is -0.396 e. The molecule has 100 valence electrons. The Hall–Kier alpha value is -0.580. The second-order valence-corrected chi connectivity index (χ2v) is 5.62. The number of rotatable bonds is 6. The van der Waals surface area contributed by atoms with Crippen LogP contribution in [-0.2, 0) is 11.2 Å². The average molecular weight is 335 g/mol. The molecule has 0 spiro atoms. The van der Waals surface area contributed by atoms with Crippen LogP contribution in [0.3, 0.4) is 0 Å². The first-order chi connectivity index (χ1) is 8.52. The van der Waals surface area contributed by atoms with Crippen molar-refractivity contribution in [1.29, 1.82) is 0 Å². The van der Waals surface area contributed by atoms with Gasteiger partial charge in [0.1, 0.15) is 0 Å². The number of aliphatic hydroxyl groups is 1. The number of carbonyl (C=O) groups excluding carboxylic acids is 1. The molecule has 0 saturated heterocycles. The molecule has 0 heterocycles. The van der Waals surface area contributed by atoms with Gasteiger partial charge in [-0.15, -0.1) is 0 Å². The van der Waals surface area contributed by atoms with Crippen molar-refractivity contribution in [3.63, 3.8) is 0 Å². The van der Waals surface area contributed by atoms with Gasteiger partial charge in [-0.3, -0.25) is 4.79 Å². The van der Waals surface area contributed by atoms with Crippen molar-refractivity contribution in [3.8, 4) is 0 Å². The lowest BCUT2D eigenvalue weighted by Crippen LogP contribution is -2.29. The SMILES string of the molecule is CC(CO)CNC(=O)CCc1cc(Cl)ccc1Br. The molecule has 0 aromatic heterocycles. The zero-order valence-corrected chi connectivity index (χ0v) is 12.6. The Morgan fingerprint density at radius 2 is 2.28 bits per heavy atom. The Morgan fingerprint density at radius 1 is 1.56 bits per heavy atom. The van der Waals surface area contributed by atoms with E-state index in [-0.39, 0.29) is 18.4 Å². The highest BCUT2D eigenvalue weighted by atomic mass is 79.9. The van der Waals surface area contributed by atoms with Crippen LogP contribution >= 0.6 is 27.5 Å². The number of carbonyl (C=O) groups is 1. The van der Waals surface area contributed by atoms with E-state index in [1.54, 1.807) is 6.07 Å². The van der Waals surface area contributed by atoms with Crippen molar-refractivity contribution in [2.75, 3.05) is 13.2 Å². The first-order valence-corrected chi connectivity index (χ1v) is 7.01. The molecule has 1 unspecified atom stereocenters. The number of halogens is 2. The highest BCUT2D eigenvalue weighted by molar-refractivity contribution is 9.10. The molecule has 2 N–H and O–H groups in total. The molecule has 5 heteroatoms. The van der Waals surface area contributed by atoms with Gasteiger partial charge in [0.15, 0.2) is 0 Å². The smallest absolute Gasteiger partial charge is 0.220 e. The number of aliphatic hydroxyl groups excluding tert-OH is 1. The number of aryl methyl sites for hydroxylation is 1. The monoisotopic (exact) mass is 333 g/mol. The molecular formula is C13H17BrClNO2. The van der Waals surface area contributed by atoms with Crippen LogP contribution in [0.2, 0.25) is 5.02 Å². The van der Waals surface area contributed by atoms with Crippen molar-refractivity contribution in [1.82, 2.24) is 5.32 Å². The van der Waals surface area contributed by atoms with Gasteiger partial charge in [0.25, 0.3) is 0 Å². The molecule has 0 radical (unpaired) electrons. The van der Waals surface area contributed by atoms with E-state index in [1.165, 1.54) is 0 Å².